The molecule has 0 aromatic rings. The van der Waals surface area contributed by atoms with Crippen LogP contribution in [-0.4, -0.2) is 16.9 Å². The molecule has 0 aromatic carbocycles. The topological polar surface area (TPSA) is 54.4 Å². The van der Waals surface area contributed by atoms with Crippen molar-refractivity contribution in [3.05, 3.63) is 0 Å². The van der Waals surface area contributed by atoms with Crippen LogP contribution in [0.5, 0.6) is 0 Å². The molecule has 0 saturated carbocycles. The van der Waals surface area contributed by atoms with Gasteiger partial charge in [0, 0.05) is 0 Å². The number of ketones is 1. The number of hydrogen-bond donors (Lipinski definition) is 1. The van der Waals surface area contributed by atoms with Crippen LogP contribution in [0.1, 0.15) is 40.5 Å². The molecule has 0 aromatic heterocycles. The second-order valence-corrected chi connectivity index (χ2v) is 4.60. The first-order valence-corrected chi connectivity index (χ1v) is 4.47. The molecule has 0 heterocycles. The van der Waals surface area contributed by atoms with Gasteiger partial charge in [0.05, 0.1) is 0 Å². The number of carboxylic acid groups (broad SMARTS) is 1. The van der Waals surface area contributed by atoms with Gasteiger partial charge in [-0.25, -0.2) is 0 Å². The van der Waals surface area contributed by atoms with E-state index in [4.69, 9.17) is 5.11 Å². The summed E-state index contributed by atoms with van der Waals surface area (Å²) in [6.45, 7) is 7.44. The lowest BCUT2D eigenvalue weighted by atomic mass is 9.85. The van der Waals surface area contributed by atoms with Crippen LogP contribution in [0.4, 0.5) is 0 Å². The van der Waals surface area contributed by atoms with E-state index in [1.165, 1.54) is 6.92 Å². The van der Waals surface area contributed by atoms with E-state index in [0.717, 1.165) is 6.42 Å². The maximum atomic E-state index is 10.9. The number of carboxylic acids is 1. The normalized spacial score (nSPS) is 13.8. The van der Waals surface area contributed by atoms with Gasteiger partial charge < -0.3 is 5.11 Å². The number of carbonyl (C=O) groups is 2. The Morgan fingerprint density at radius 2 is 1.77 bits per heavy atom. The molecule has 0 rings (SSSR count). The van der Waals surface area contributed by atoms with Crippen molar-refractivity contribution in [2.75, 3.05) is 0 Å². The zero-order valence-corrected chi connectivity index (χ0v) is 8.76. The van der Waals surface area contributed by atoms with Crippen LogP contribution >= 0.6 is 0 Å². The lowest BCUT2D eigenvalue weighted by Gasteiger charge is -2.19. The third-order valence-corrected chi connectivity index (χ3v) is 1.97. The molecule has 76 valence electrons. The number of aliphatic carboxylic acids is 1. The third kappa shape index (κ3) is 5.39. The SMILES string of the molecule is CC(=O)C(CCC(C)(C)C)C(=O)O. The van der Waals surface area contributed by atoms with Gasteiger partial charge in [0.15, 0.2) is 0 Å². The van der Waals surface area contributed by atoms with E-state index in [9.17, 15) is 9.59 Å². The minimum absolute atomic E-state index is 0.0865. The predicted molar refractivity (Wildman–Crippen MR) is 50.5 cm³/mol. The van der Waals surface area contributed by atoms with Gasteiger partial charge in [-0.2, -0.15) is 0 Å². The Kier molecular flexibility index (Phi) is 4.11. The van der Waals surface area contributed by atoms with Crippen molar-refractivity contribution < 1.29 is 14.7 Å². The van der Waals surface area contributed by atoms with Gasteiger partial charge in [-0.1, -0.05) is 20.8 Å². The largest absolute Gasteiger partial charge is 0.481 e. The molecule has 1 atom stereocenters. The Balaban J connectivity index is 4.14. The molecule has 0 aliphatic rings. The summed E-state index contributed by atoms with van der Waals surface area (Å²) in [5, 5.41) is 8.72. The molecular formula is C10H18O3. The summed E-state index contributed by atoms with van der Waals surface area (Å²) in [5.41, 5.74) is 0.0865. The molecule has 0 aliphatic heterocycles. The van der Waals surface area contributed by atoms with Crippen LogP contribution in [0.25, 0.3) is 0 Å². The maximum absolute atomic E-state index is 10.9. The standard InChI is InChI=1S/C10H18O3/c1-7(11)8(9(12)13)5-6-10(2,3)4/h8H,5-6H2,1-4H3,(H,12,13). The first kappa shape index (κ1) is 12.1. The van der Waals surface area contributed by atoms with Gasteiger partial charge in [-0.3, -0.25) is 9.59 Å². The molecule has 0 bridgehead atoms. The van der Waals surface area contributed by atoms with Crippen molar-refractivity contribution in [3.63, 3.8) is 0 Å². The Morgan fingerprint density at radius 3 is 2.00 bits per heavy atom. The van der Waals surface area contributed by atoms with Crippen molar-refractivity contribution in [1.82, 2.24) is 0 Å². The van der Waals surface area contributed by atoms with Crippen LogP contribution in [-0.2, 0) is 9.59 Å². The van der Waals surface area contributed by atoms with E-state index in [0.29, 0.717) is 6.42 Å². The summed E-state index contributed by atoms with van der Waals surface area (Å²) >= 11 is 0. The van der Waals surface area contributed by atoms with Crippen LogP contribution < -0.4 is 0 Å². The molecule has 0 spiro atoms. The van der Waals surface area contributed by atoms with Gasteiger partial charge >= 0.3 is 5.97 Å². The van der Waals surface area contributed by atoms with Crippen LogP contribution in [0.2, 0.25) is 0 Å². The van der Waals surface area contributed by atoms with E-state index in [2.05, 4.69) is 0 Å². The summed E-state index contributed by atoms with van der Waals surface area (Å²) < 4.78 is 0. The Labute approximate surface area is 79.1 Å². The molecule has 0 radical (unpaired) electrons. The minimum atomic E-state index is -1.00. The first-order valence-electron chi connectivity index (χ1n) is 4.47. The van der Waals surface area contributed by atoms with Crippen molar-refractivity contribution in [1.29, 1.82) is 0 Å². The minimum Gasteiger partial charge on any atom is -0.481 e. The fourth-order valence-corrected chi connectivity index (χ4v) is 1.08. The molecule has 1 N–H and O–H groups in total. The highest BCUT2D eigenvalue weighted by atomic mass is 16.4. The number of rotatable bonds is 4. The number of Topliss-reactive ketones (excluding diaryl/α,β-unsaturated/α-hetero) is 1. The van der Waals surface area contributed by atoms with Gasteiger partial charge in [-0.05, 0) is 25.2 Å². The van der Waals surface area contributed by atoms with Crippen molar-refractivity contribution in [3.8, 4) is 0 Å². The van der Waals surface area contributed by atoms with E-state index >= 15 is 0 Å². The van der Waals surface area contributed by atoms with E-state index in [1.54, 1.807) is 0 Å². The molecule has 0 saturated heterocycles. The molecule has 0 aliphatic carbocycles. The Bertz CT molecular complexity index is 187. The lowest BCUT2D eigenvalue weighted by molar-refractivity contribution is -0.146. The summed E-state index contributed by atoms with van der Waals surface area (Å²) in [4.78, 5) is 21.6. The second kappa shape index (κ2) is 4.40. The summed E-state index contributed by atoms with van der Waals surface area (Å²) in [6, 6.07) is 0. The first-order chi connectivity index (χ1) is 5.74. The molecule has 0 amide bonds. The number of carbonyl (C=O) groups excluding carboxylic acids is 1. The van der Waals surface area contributed by atoms with E-state index < -0.39 is 11.9 Å². The smallest absolute Gasteiger partial charge is 0.314 e. The fraction of sp³-hybridized carbons (Fsp3) is 0.800. The third-order valence-electron chi connectivity index (χ3n) is 1.97. The van der Waals surface area contributed by atoms with Crippen LogP contribution in [0, 0.1) is 11.3 Å². The maximum Gasteiger partial charge on any atom is 0.314 e. The highest BCUT2D eigenvalue weighted by Crippen LogP contribution is 2.24. The molecule has 3 heteroatoms. The van der Waals surface area contributed by atoms with Crippen LogP contribution in [0.3, 0.4) is 0 Å². The summed E-state index contributed by atoms with van der Waals surface area (Å²) in [7, 11) is 0. The average molecular weight is 186 g/mol. The van der Waals surface area contributed by atoms with Gasteiger partial charge in [0.25, 0.3) is 0 Å². The highest BCUT2D eigenvalue weighted by molar-refractivity contribution is 5.96. The fourth-order valence-electron chi connectivity index (χ4n) is 1.08. The van der Waals surface area contributed by atoms with Crippen LogP contribution in [0.15, 0.2) is 0 Å². The second-order valence-electron chi connectivity index (χ2n) is 4.60. The lowest BCUT2D eigenvalue weighted by Crippen LogP contribution is -2.23. The molecular weight excluding hydrogens is 168 g/mol. The zero-order chi connectivity index (χ0) is 10.6. The summed E-state index contributed by atoms with van der Waals surface area (Å²) in [5.74, 6) is -2.08. The summed E-state index contributed by atoms with van der Waals surface area (Å²) in [6.07, 6.45) is 1.19. The van der Waals surface area contributed by atoms with E-state index in [1.807, 2.05) is 20.8 Å². The predicted octanol–water partition coefficient (Wildman–Crippen LogP) is 2.10. The van der Waals surface area contributed by atoms with E-state index in [-0.39, 0.29) is 11.2 Å². The van der Waals surface area contributed by atoms with Crippen molar-refractivity contribution in [2.45, 2.75) is 40.5 Å². The number of hydrogen-bond acceptors (Lipinski definition) is 2. The van der Waals surface area contributed by atoms with Crippen molar-refractivity contribution >= 4 is 11.8 Å². The van der Waals surface area contributed by atoms with Gasteiger partial charge in [0.1, 0.15) is 11.7 Å². The quantitative estimate of drug-likeness (QED) is 0.684. The Hall–Kier alpha value is -0.860. The molecule has 13 heavy (non-hydrogen) atoms. The Morgan fingerprint density at radius 1 is 1.31 bits per heavy atom. The highest BCUT2D eigenvalue weighted by Gasteiger charge is 2.24. The van der Waals surface area contributed by atoms with Gasteiger partial charge in [0.2, 0.25) is 0 Å². The van der Waals surface area contributed by atoms with Crippen molar-refractivity contribution in [2.24, 2.45) is 11.3 Å². The monoisotopic (exact) mass is 186 g/mol. The zero-order valence-electron chi connectivity index (χ0n) is 8.76. The molecule has 0 fully saturated rings. The molecule has 1 unspecified atom stereocenters. The van der Waals surface area contributed by atoms with Gasteiger partial charge in [-0.15, -0.1) is 0 Å². The molecule has 3 nitrogen and oxygen atoms in total. The average Bonchev–Trinajstić information content (AvgIpc) is 1.82.